The molecule has 0 aliphatic heterocycles. The van der Waals surface area contributed by atoms with Crippen molar-refractivity contribution in [2.75, 3.05) is 41.0 Å². The first-order valence-corrected chi connectivity index (χ1v) is 14.3. The maximum atomic E-state index is 13.2. The molecule has 1 heterocycles. The zero-order valence-corrected chi connectivity index (χ0v) is 23.4. The fourth-order valence-corrected chi connectivity index (χ4v) is 5.59. The van der Waals surface area contributed by atoms with Crippen molar-refractivity contribution in [2.24, 2.45) is 0 Å². The molecule has 9 heteroatoms. The van der Waals surface area contributed by atoms with Crippen LogP contribution in [0.25, 0.3) is 0 Å². The van der Waals surface area contributed by atoms with Crippen molar-refractivity contribution in [3.05, 3.63) is 96.3 Å². The Morgan fingerprint density at radius 2 is 1.62 bits per heavy atom. The molecule has 0 fully saturated rings. The summed E-state index contributed by atoms with van der Waals surface area (Å²) >= 11 is 0. The van der Waals surface area contributed by atoms with E-state index in [-0.39, 0.29) is 10.1 Å². The molecule has 0 N–H and O–H groups in total. The largest absolute Gasteiger partial charge is 0.494 e. The van der Waals surface area contributed by atoms with Crippen molar-refractivity contribution < 1.29 is 22.6 Å². The molecule has 0 aliphatic carbocycles. The summed E-state index contributed by atoms with van der Waals surface area (Å²) in [5.74, 6) is 2.10. The molecule has 0 radical (unpaired) electrons. The van der Waals surface area contributed by atoms with Gasteiger partial charge in [-0.25, -0.2) is 13.4 Å². The molecule has 0 bridgehead atoms. The maximum Gasteiger partial charge on any atom is 0.240 e. The van der Waals surface area contributed by atoms with E-state index in [0.29, 0.717) is 18.9 Å². The molecule has 3 aromatic carbocycles. The van der Waals surface area contributed by atoms with E-state index in [9.17, 15) is 8.42 Å². The summed E-state index contributed by atoms with van der Waals surface area (Å²) in [5, 5.41) is 0.0242. The molecule has 0 saturated heterocycles. The molecule has 206 valence electrons. The Morgan fingerprint density at radius 1 is 0.872 bits per heavy atom. The second-order valence-corrected chi connectivity index (χ2v) is 11.1. The molecule has 1 aromatic heterocycles. The number of rotatable bonds is 14. The summed E-state index contributed by atoms with van der Waals surface area (Å²) in [5.41, 5.74) is 2.19. The molecule has 8 nitrogen and oxygen atoms in total. The number of likely N-dealkylation sites (N-methyl/N-ethyl adjacent to an activating group) is 1. The minimum absolute atomic E-state index is 0.0242. The van der Waals surface area contributed by atoms with Crippen molar-refractivity contribution in [3.63, 3.8) is 0 Å². The average molecular weight is 550 g/mol. The lowest BCUT2D eigenvalue weighted by Gasteiger charge is -2.17. The first-order valence-electron chi connectivity index (χ1n) is 12.8. The Bertz CT molecular complexity index is 1440. The van der Waals surface area contributed by atoms with Crippen LogP contribution in [0.2, 0.25) is 0 Å². The Kier molecular flexibility index (Phi) is 9.62. The smallest absolute Gasteiger partial charge is 0.240 e. The van der Waals surface area contributed by atoms with Gasteiger partial charge in [0, 0.05) is 32.0 Å². The van der Waals surface area contributed by atoms with E-state index in [1.165, 1.54) is 11.8 Å². The van der Waals surface area contributed by atoms with Gasteiger partial charge < -0.3 is 23.7 Å². The van der Waals surface area contributed by atoms with Gasteiger partial charge in [-0.05, 0) is 67.4 Å². The van der Waals surface area contributed by atoms with E-state index in [2.05, 4.69) is 23.0 Å². The highest BCUT2D eigenvalue weighted by atomic mass is 32.2. The summed E-state index contributed by atoms with van der Waals surface area (Å²) in [6.07, 6.45) is 4.94. The number of sulfone groups is 1. The Balaban J connectivity index is 1.25. The van der Waals surface area contributed by atoms with Crippen LogP contribution in [0.5, 0.6) is 17.2 Å². The highest BCUT2D eigenvalue weighted by Gasteiger charge is 2.23. The van der Waals surface area contributed by atoms with E-state index < -0.39 is 9.84 Å². The standard InChI is InChI=1S/C30H35N3O5S/c1-32(19-16-24-10-15-28(36-2)29(22-24)37-3)18-7-21-38-26-11-13-27(14-12-26)39(34,35)30-31-17-20-33(30)23-25-8-5-4-6-9-25/h4-6,8-15,17,20,22H,7,16,18-19,21,23H2,1-3H3. The SMILES string of the molecule is COc1ccc(CCN(C)CCCOc2ccc(S(=O)(=O)c3nccn3Cc3ccccc3)cc2)cc1OC. The van der Waals surface area contributed by atoms with E-state index in [4.69, 9.17) is 14.2 Å². The molecular weight excluding hydrogens is 514 g/mol. The molecule has 0 atom stereocenters. The Morgan fingerprint density at radius 3 is 2.33 bits per heavy atom. The lowest BCUT2D eigenvalue weighted by molar-refractivity contribution is 0.264. The average Bonchev–Trinajstić information content (AvgIpc) is 3.44. The minimum atomic E-state index is -3.76. The number of benzene rings is 3. The number of nitrogens with zero attached hydrogens (tertiary/aromatic N) is 3. The normalized spacial score (nSPS) is 11.5. The number of methoxy groups -OCH3 is 2. The zero-order chi connectivity index (χ0) is 27.7. The van der Waals surface area contributed by atoms with Gasteiger partial charge in [-0.15, -0.1) is 0 Å². The second kappa shape index (κ2) is 13.3. The molecule has 4 aromatic rings. The fraction of sp³-hybridized carbons (Fsp3) is 0.300. The van der Waals surface area contributed by atoms with Crippen molar-refractivity contribution in [3.8, 4) is 17.2 Å². The number of aromatic nitrogens is 2. The van der Waals surface area contributed by atoms with Crippen LogP contribution >= 0.6 is 0 Å². The van der Waals surface area contributed by atoms with Gasteiger partial charge in [0.25, 0.3) is 0 Å². The van der Waals surface area contributed by atoms with Gasteiger partial charge in [-0.1, -0.05) is 36.4 Å². The van der Waals surface area contributed by atoms with Gasteiger partial charge in [0.05, 0.1) is 25.7 Å². The van der Waals surface area contributed by atoms with Crippen LogP contribution in [-0.4, -0.2) is 63.8 Å². The van der Waals surface area contributed by atoms with Gasteiger partial charge >= 0.3 is 0 Å². The third kappa shape index (κ3) is 7.40. The Hall–Kier alpha value is -3.82. The summed E-state index contributed by atoms with van der Waals surface area (Å²) in [6.45, 7) is 2.75. The van der Waals surface area contributed by atoms with Crippen molar-refractivity contribution in [2.45, 2.75) is 29.4 Å². The maximum absolute atomic E-state index is 13.2. The molecule has 0 spiro atoms. The Labute approximate surface area is 230 Å². The van der Waals surface area contributed by atoms with Crippen LogP contribution in [0.1, 0.15) is 17.5 Å². The third-order valence-corrected chi connectivity index (χ3v) is 8.14. The van der Waals surface area contributed by atoms with Crippen LogP contribution < -0.4 is 14.2 Å². The van der Waals surface area contributed by atoms with E-state index in [1.54, 1.807) is 49.2 Å². The zero-order valence-electron chi connectivity index (χ0n) is 22.6. The number of hydrogen-bond donors (Lipinski definition) is 0. The summed E-state index contributed by atoms with van der Waals surface area (Å²) in [6, 6.07) is 22.2. The fourth-order valence-electron chi connectivity index (χ4n) is 4.25. The van der Waals surface area contributed by atoms with Crippen LogP contribution in [0.4, 0.5) is 0 Å². The third-order valence-electron chi connectivity index (χ3n) is 6.43. The van der Waals surface area contributed by atoms with Gasteiger partial charge in [0.15, 0.2) is 11.5 Å². The van der Waals surface area contributed by atoms with Crippen LogP contribution in [0, 0.1) is 0 Å². The monoisotopic (exact) mass is 549 g/mol. The minimum Gasteiger partial charge on any atom is -0.494 e. The lowest BCUT2D eigenvalue weighted by atomic mass is 10.1. The molecule has 0 unspecified atom stereocenters. The van der Waals surface area contributed by atoms with Crippen molar-refractivity contribution in [1.82, 2.24) is 14.5 Å². The van der Waals surface area contributed by atoms with Crippen LogP contribution in [0.3, 0.4) is 0 Å². The number of ether oxygens (including phenoxy) is 3. The lowest BCUT2D eigenvalue weighted by Crippen LogP contribution is -2.23. The van der Waals surface area contributed by atoms with Crippen molar-refractivity contribution in [1.29, 1.82) is 0 Å². The number of imidazole rings is 1. The highest BCUT2D eigenvalue weighted by molar-refractivity contribution is 7.91. The van der Waals surface area contributed by atoms with E-state index in [0.717, 1.165) is 43.0 Å². The molecule has 0 amide bonds. The molecule has 0 saturated carbocycles. The van der Waals surface area contributed by atoms with Crippen LogP contribution in [0.15, 0.2) is 95.2 Å². The first kappa shape index (κ1) is 28.2. The molecular formula is C30H35N3O5S. The summed E-state index contributed by atoms with van der Waals surface area (Å²) in [7, 11) is 1.60. The van der Waals surface area contributed by atoms with Crippen LogP contribution in [-0.2, 0) is 22.8 Å². The number of hydrogen-bond acceptors (Lipinski definition) is 7. The summed E-state index contributed by atoms with van der Waals surface area (Å²) in [4.78, 5) is 6.58. The van der Waals surface area contributed by atoms with Gasteiger partial charge in [-0.2, -0.15) is 0 Å². The predicted molar refractivity (Wildman–Crippen MR) is 151 cm³/mol. The summed E-state index contributed by atoms with van der Waals surface area (Å²) < 4.78 is 44.7. The molecule has 4 rings (SSSR count). The molecule has 0 aliphatic rings. The van der Waals surface area contributed by atoms with E-state index in [1.807, 2.05) is 42.5 Å². The van der Waals surface area contributed by atoms with Crippen molar-refractivity contribution >= 4 is 9.84 Å². The first-order chi connectivity index (χ1) is 18.9. The topological polar surface area (TPSA) is 82.9 Å². The van der Waals surface area contributed by atoms with Gasteiger partial charge in [-0.3, -0.25) is 0 Å². The molecule has 39 heavy (non-hydrogen) atoms. The van der Waals surface area contributed by atoms with Gasteiger partial charge in [0.1, 0.15) is 5.75 Å². The predicted octanol–water partition coefficient (Wildman–Crippen LogP) is 4.72. The quantitative estimate of drug-likeness (QED) is 0.210. The van der Waals surface area contributed by atoms with E-state index >= 15 is 0 Å². The highest BCUT2D eigenvalue weighted by Crippen LogP contribution is 2.28. The second-order valence-electron chi connectivity index (χ2n) is 9.24. The van der Waals surface area contributed by atoms with Gasteiger partial charge in [0.2, 0.25) is 15.0 Å².